The first-order valence-electron chi connectivity index (χ1n) is 3.77. The van der Waals surface area contributed by atoms with E-state index in [-0.39, 0.29) is 12.5 Å². The number of nitrogens with zero attached hydrogens (tertiary/aromatic N) is 1. The number of aromatic nitrogens is 1. The summed E-state index contributed by atoms with van der Waals surface area (Å²) in [7, 11) is 1.52. The Morgan fingerprint density at radius 1 is 1.62 bits per heavy atom. The summed E-state index contributed by atoms with van der Waals surface area (Å²) < 4.78 is 9.98. The van der Waals surface area contributed by atoms with Crippen LogP contribution in [-0.4, -0.2) is 24.6 Å². The fraction of sp³-hybridized carbons (Fsp3) is 0.250. The third kappa shape index (κ3) is 1.40. The van der Waals surface area contributed by atoms with E-state index in [1.165, 1.54) is 7.11 Å². The van der Waals surface area contributed by atoms with Crippen molar-refractivity contribution >= 4 is 11.6 Å². The van der Waals surface area contributed by atoms with E-state index >= 15 is 0 Å². The van der Waals surface area contributed by atoms with Crippen molar-refractivity contribution in [2.24, 2.45) is 0 Å². The Hall–Kier alpha value is -1.78. The molecule has 13 heavy (non-hydrogen) atoms. The van der Waals surface area contributed by atoms with Crippen LogP contribution in [0, 0.1) is 0 Å². The molecule has 2 heterocycles. The van der Waals surface area contributed by atoms with Crippen molar-refractivity contribution in [2.75, 3.05) is 19.0 Å². The minimum absolute atomic E-state index is 0.00711. The number of nitrogens with one attached hydrogen (secondary N) is 1. The third-order valence-corrected chi connectivity index (χ3v) is 1.66. The van der Waals surface area contributed by atoms with Crippen LogP contribution in [0.5, 0.6) is 11.8 Å². The number of pyridine rings is 1. The van der Waals surface area contributed by atoms with Gasteiger partial charge in [0.05, 0.1) is 7.11 Å². The Kier molecular flexibility index (Phi) is 1.77. The first-order valence-corrected chi connectivity index (χ1v) is 3.77. The Labute approximate surface area is 74.7 Å². The van der Waals surface area contributed by atoms with Gasteiger partial charge in [-0.05, 0) is 6.07 Å². The average molecular weight is 180 g/mol. The Bertz CT molecular complexity index is 351. The molecule has 0 saturated heterocycles. The summed E-state index contributed by atoms with van der Waals surface area (Å²) in [4.78, 5) is 14.9. The van der Waals surface area contributed by atoms with Crippen LogP contribution in [0.3, 0.4) is 0 Å². The highest BCUT2D eigenvalue weighted by atomic mass is 16.5. The summed E-state index contributed by atoms with van der Waals surface area (Å²) in [5, 5.41) is 2.63. The number of carbonyl (C=O) groups excluding carboxylic acids is 1. The molecule has 68 valence electrons. The lowest BCUT2D eigenvalue weighted by Crippen LogP contribution is -2.25. The second kappa shape index (κ2) is 2.93. The predicted octanol–water partition coefficient (Wildman–Crippen LogP) is 0.421. The van der Waals surface area contributed by atoms with Crippen LogP contribution in [0.2, 0.25) is 0 Å². The van der Waals surface area contributed by atoms with Crippen molar-refractivity contribution in [3.05, 3.63) is 12.1 Å². The number of rotatable bonds is 1. The number of ether oxygens (including phenoxy) is 2. The van der Waals surface area contributed by atoms with Crippen molar-refractivity contribution in [1.29, 1.82) is 0 Å². The van der Waals surface area contributed by atoms with Crippen molar-refractivity contribution in [3.63, 3.8) is 0 Å². The molecular weight excluding hydrogens is 172 g/mol. The normalized spacial score (nSPS) is 14.1. The number of carbonyl (C=O) groups is 1. The zero-order valence-corrected chi connectivity index (χ0v) is 7.03. The maximum absolute atomic E-state index is 10.9. The summed E-state index contributed by atoms with van der Waals surface area (Å²) in [6.07, 6.45) is 0. The highest BCUT2D eigenvalue weighted by Crippen LogP contribution is 2.27. The van der Waals surface area contributed by atoms with Gasteiger partial charge < -0.3 is 14.8 Å². The minimum atomic E-state index is -0.167. The average Bonchev–Trinajstić information content (AvgIpc) is 2.17. The van der Waals surface area contributed by atoms with E-state index in [4.69, 9.17) is 9.47 Å². The highest BCUT2D eigenvalue weighted by Gasteiger charge is 2.17. The molecule has 1 aromatic heterocycles. The molecule has 2 rings (SSSR count). The number of hydrogen-bond acceptors (Lipinski definition) is 4. The third-order valence-electron chi connectivity index (χ3n) is 1.66. The van der Waals surface area contributed by atoms with Crippen LogP contribution in [-0.2, 0) is 4.79 Å². The van der Waals surface area contributed by atoms with Crippen molar-refractivity contribution in [3.8, 4) is 11.8 Å². The molecule has 0 spiro atoms. The van der Waals surface area contributed by atoms with Gasteiger partial charge in [0.25, 0.3) is 5.91 Å². The lowest BCUT2D eigenvalue weighted by Gasteiger charge is -2.16. The Morgan fingerprint density at radius 3 is 3.23 bits per heavy atom. The second-order valence-electron chi connectivity index (χ2n) is 2.54. The molecule has 0 bridgehead atoms. The smallest absolute Gasteiger partial charge is 0.262 e. The molecule has 1 aliphatic rings. The highest BCUT2D eigenvalue weighted by molar-refractivity contribution is 5.94. The van der Waals surface area contributed by atoms with E-state index in [1.54, 1.807) is 12.1 Å². The Morgan fingerprint density at radius 2 is 2.46 bits per heavy atom. The zero-order valence-electron chi connectivity index (χ0n) is 7.03. The summed E-state index contributed by atoms with van der Waals surface area (Å²) in [6.45, 7) is 0.00711. The van der Waals surface area contributed by atoms with Gasteiger partial charge in [-0.3, -0.25) is 4.79 Å². The monoisotopic (exact) mass is 180 g/mol. The fourth-order valence-corrected chi connectivity index (χ4v) is 1.06. The van der Waals surface area contributed by atoms with Gasteiger partial charge in [-0.2, -0.15) is 4.98 Å². The van der Waals surface area contributed by atoms with E-state index in [1.807, 2.05) is 0 Å². The maximum Gasteiger partial charge on any atom is 0.262 e. The molecule has 0 aromatic carbocycles. The van der Waals surface area contributed by atoms with Crippen molar-refractivity contribution < 1.29 is 14.3 Å². The topological polar surface area (TPSA) is 60.5 Å². The van der Waals surface area contributed by atoms with Crippen LogP contribution in [0.25, 0.3) is 0 Å². The van der Waals surface area contributed by atoms with Crippen LogP contribution in [0.4, 0.5) is 5.69 Å². The standard InChI is InChI=1S/C8H8N2O3/c1-12-7-3-2-5-8(10-7)13-4-6(11)9-5/h2-3H,4H2,1H3,(H,9,11). The van der Waals surface area contributed by atoms with Gasteiger partial charge in [0.1, 0.15) is 5.69 Å². The van der Waals surface area contributed by atoms with Crippen molar-refractivity contribution in [1.82, 2.24) is 4.98 Å². The first kappa shape index (κ1) is 7.85. The second-order valence-corrected chi connectivity index (χ2v) is 2.54. The van der Waals surface area contributed by atoms with E-state index < -0.39 is 0 Å². The van der Waals surface area contributed by atoms with Gasteiger partial charge in [-0.1, -0.05) is 0 Å². The lowest BCUT2D eigenvalue weighted by atomic mass is 10.3. The molecule has 0 atom stereocenters. The summed E-state index contributed by atoms with van der Waals surface area (Å²) in [5.41, 5.74) is 0.581. The summed E-state index contributed by atoms with van der Waals surface area (Å²) >= 11 is 0. The number of methoxy groups -OCH3 is 1. The van der Waals surface area contributed by atoms with Gasteiger partial charge in [0.15, 0.2) is 6.61 Å². The van der Waals surface area contributed by atoms with Gasteiger partial charge in [0, 0.05) is 6.07 Å². The molecule has 0 unspecified atom stereocenters. The Balaban J connectivity index is 2.36. The van der Waals surface area contributed by atoms with E-state index in [2.05, 4.69) is 10.3 Å². The molecule has 0 radical (unpaired) electrons. The molecule has 5 nitrogen and oxygen atoms in total. The van der Waals surface area contributed by atoms with E-state index in [9.17, 15) is 4.79 Å². The number of anilines is 1. The lowest BCUT2D eigenvalue weighted by molar-refractivity contribution is -0.118. The molecule has 1 amide bonds. The SMILES string of the molecule is COc1ccc2c(n1)OCC(=O)N2. The predicted molar refractivity (Wildman–Crippen MR) is 44.9 cm³/mol. The number of hydrogen-bond donors (Lipinski definition) is 1. The van der Waals surface area contributed by atoms with Crippen molar-refractivity contribution in [2.45, 2.75) is 0 Å². The minimum Gasteiger partial charge on any atom is -0.481 e. The molecule has 5 heteroatoms. The van der Waals surface area contributed by atoms with Crippen LogP contribution in [0.1, 0.15) is 0 Å². The first-order chi connectivity index (χ1) is 6.29. The van der Waals surface area contributed by atoms with E-state index in [0.29, 0.717) is 17.4 Å². The van der Waals surface area contributed by atoms with E-state index in [0.717, 1.165) is 0 Å². The number of fused-ring (bicyclic) bond motifs is 1. The van der Waals surface area contributed by atoms with Gasteiger partial charge >= 0.3 is 0 Å². The van der Waals surface area contributed by atoms with Gasteiger partial charge in [-0.25, -0.2) is 0 Å². The zero-order chi connectivity index (χ0) is 9.26. The van der Waals surface area contributed by atoms with Gasteiger partial charge in [-0.15, -0.1) is 0 Å². The molecule has 0 aliphatic carbocycles. The molecule has 1 aliphatic heterocycles. The molecule has 0 saturated carbocycles. The maximum atomic E-state index is 10.9. The molecule has 1 aromatic rings. The van der Waals surface area contributed by atoms with Crippen LogP contribution in [0.15, 0.2) is 12.1 Å². The number of amides is 1. The quantitative estimate of drug-likeness (QED) is 0.680. The fourth-order valence-electron chi connectivity index (χ4n) is 1.06. The summed E-state index contributed by atoms with van der Waals surface area (Å²) in [5.74, 6) is 0.702. The summed E-state index contributed by atoms with van der Waals surface area (Å²) in [6, 6.07) is 3.35. The van der Waals surface area contributed by atoms with Gasteiger partial charge in [0.2, 0.25) is 11.8 Å². The van der Waals surface area contributed by atoms with Crippen LogP contribution < -0.4 is 14.8 Å². The molecule has 0 fully saturated rings. The van der Waals surface area contributed by atoms with Crippen LogP contribution >= 0.6 is 0 Å². The largest absolute Gasteiger partial charge is 0.481 e. The molecule has 1 N–H and O–H groups in total. The molecular formula is C8H8N2O3.